The van der Waals surface area contributed by atoms with Crippen molar-refractivity contribution in [2.24, 2.45) is 0 Å². The molecule has 0 spiro atoms. The molecule has 1 atom stereocenters. The Bertz CT molecular complexity index is 421. The number of hydrogen-bond donors (Lipinski definition) is 1. The Hall–Kier alpha value is -1.09. The zero-order chi connectivity index (χ0) is 13.0. The molecule has 3 nitrogen and oxygen atoms in total. The molecule has 0 radical (unpaired) electrons. The molecule has 96 valence electrons. The molecule has 1 aromatic rings. The smallest absolute Gasteiger partial charge is 0.255 e. The van der Waals surface area contributed by atoms with E-state index in [2.05, 4.69) is 39.1 Å². The van der Waals surface area contributed by atoms with Crippen molar-refractivity contribution in [3.8, 4) is 0 Å². The third-order valence-electron chi connectivity index (χ3n) is 3.22. The fourth-order valence-corrected chi connectivity index (χ4v) is 2.04. The van der Waals surface area contributed by atoms with E-state index >= 15 is 0 Å². The summed E-state index contributed by atoms with van der Waals surface area (Å²) in [5.74, 6) is 0.375. The molecule has 0 fully saturated rings. The van der Waals surface area contributed by atoms with Gasteiger partial charge in [-0.05, 0) is 32.4 Å². The molecule has 1 N–H and O–H groups in total. The van der Waals surface area contributed by atoms with Crippen molar-refractivity contribution in [2.45, 2.75) is 52.6 Å². The predicted octanol–water partition coefficient (Wildman–Crippen LogP) is 2.66. The molecule has 1 rings (SSSR count). The van der Waals surface area contributed by atoms with Crippen molar-refractivity contribution < 1.29 is 0 Å². The van der Waals surface area contributed by atoms with Crippen molar-refractivity contribution in [2.75, 3.05) is 7.05 Å². The van der Waals surface area contributed by atoms with E-state index < -0.39 is 0 Å². The summed E-state index contributed by atoms with van der Waals surface area (Å²) in [6.45, 7) is 9.12. The van der Waals surface area contributed by atoms with Crippen LogP contribution in [-0.2, 0) is 6.54 Å². The third kappa shape index (κ3) is 2.97. The van der Waals surface area contributed by atoms with Crippen molar-refractivity contribution in [3.63, 3.8) is 0 Å². The van der Waals surface area contributed by atoms with E-state index in [9.17, 15) is 4.79 Å². The number of hydrogen-bond acceptors (Lipinski definition) is 2. The van der Waals surface area contributed by atoms with Crippen molar-refractivity contribution in [1.29, 1.82) is 0 Å². The molecule has 0 aromatic carbocycles. The SMILES string of the molecule is CCC(C)n1c(C(C)C)ccc(CNC)c1=O. The molecule has 0 saturated carbocycles. The summed E-state index contributed by atoms with van der Waals surface area (Å²) in [7, 11) is 1.86. The van der Waals surface area contributed by atoms with Crippen LogP contribution in [0.15, 0.2) is 16.9 Å². The van der Waals surface area contributed by atoms with Crippen LogP contribution < -0.4 is 10.9 Å². The average Bonchev–Trinajstić information content (AvgIpc) is 2.30. The Labute approximate surface area is 104 Å². The minimum atomic E-state index is 0.153. The van der Waals surface area contributed by atoms with Crippen LogP contribution in [0, 0.1) is 0 Å². The Kier molecular flexibility index (Phi) is 4.94. The standard InChI is InChI=1S/C14H24N2O/c1-6-11(4)16-13(10(2)3)8-7-12(9-15-5)14(16)17/h7-8,10-11,15H,6,9H2,1-5H3. The summed E-state index contributed by atoms with van der Waals surface area (Å²) in [4.78, 5) is 12.4. The van der Waals surface area contributed by atoms with E-state index in [1.54, 1.807) is 0 Å². The van der Waals surface area contributed by atoms with Crippen LogP contribution in [0.5, 0.6) is 0 Å². The summed E-state index contributed by atoms with van der Waals surface area (Å²) in [6.07, 6.45) is 0.975. The lowest BCUT2D eigenvalue weighted by molar-refractivity contribution is 0.479. The van der Waals surface area contributed by atoms with Gasteiger partial charge in [-0.3, -0.25) is 4.79 Å². The van der Waals surface area contributed by atoms with Crippen molar-refractivity contribution >= 4 is 0 Å². The highest BCUT2D eigenvalue weighted by Gasteiger charge is 2.14. The van der Waals surface area contributed by atoms with E-state index in [1.165, 1.54) is 0 Å². The molecular weight excluding hydrogens is 212 g/mol. The first-order valence-electron chi connectivity index (χ1n) is 6.41. The van der Waals surface area contributed by atoms with Gasteiger partial charge in [-0.25, -0.2) is 0 Å². The lowest BCUT2D eigenvalue weighted by Crippen LogP contribution is -2.31. The Morgan fingerprint density at radius 2 is 1.94 bits per heavy atom. The van der Waals surface area contributed by atoms with E-state index in [0.717, 1.165) is 17.7 Å². The number of aromatic nitrogens is 1. The molecule has 0 aliphatic heterocycles. The lowest BCUT2D eigenvalue weighted by atomic mass is 10.1. The summed E-state index contributed by atoms with van der Waals surface area (Å²) >= 11 is 0. The van der Waals surface area contributed by atoms with Gasteiger partial charge in [-0.1, -0.05) is 26.8 Å². The summed E-state index contributed by atoms with van der Waals surface area (Å²) in [6, 6.07) is 4.30. The molecule has 0 aliphatic rings. The van der Waals surface area contributed by atoms with Crippen LogP contribution in [0.2, 0.25) is 0 Å². The van der Waals surface area contributed by atoms with Gasteiger partial charge >= 0.3 is 0 Å². The molecule has 1 heterocycles. The van der Waals surface area contributed by atoms with Crippen LogP contribution in [-0.4, -0.2) is 11.6 Å². The maximum absolute atomic E-state index is 12.4. The normalized spacial score (nSPS) is 13.1. The molecule has 0 saturated heterocycles. The minimum absolute atomic E-state index is 0.153. The Morgan fingerprint density at radius 1 is 1.29 bits per heavy atom. The molecular formula is C14H24N2O. The van der Waals surface area contributed by atoms with Crippen LogP contribution in [0.25, 0.3) is 0 Å². The van der Waals surface area contributed by atoms with Gasteiger partial charge in [-0.2, -0.15) is 0 Å². The van der Waals surface area contributed by atoms with Gasteiger partial charge in [0.15, 0.2) is 0 Å². The fourth-order valence-electron chi connectivity index (χ4n) is 2.04. The van der Waals surface area contributed by atoms with Gasteiger partial charge in [0.25, 0.3) is 5.56 Å². The summed E-state index contributed by atoms with van der Waals surface area (Å²) < 4.78 is 1.96. The highest BCUT2D eigenvalue weighted by molar-refractivity contribution is 5.19. The minimum Gasteiger partial charge on any atom is -0.315 e. The van der Waals surface area contributed by atoms with E-state index in [1.807, 2.05) is 17.7 Å². The second-order valence-corrected chi connectivity index (χ2v) is 4.90. The Morgan fingerprint density at radius 3 is 2.41 bits per heavy atom. The molecule has 17 heavy (non-hydrogen) atoms. The van der Waals surface area contributed by atoms with Crippen molar-refractivity contribution in [3.05, 3.63) is 33.7 Å². The number of rotatable bonds is 5. The van der Waals surface area contributed by atoms with E-state index in [-0.39, 0.29) is 11.6 Å². The van der Waals surface area contributed by atoms with E-state index in [4.69, 9.17) is 0 Å². The van der Waals surface area contributed by atoms with E-state index in [0.29, 0.717) is 12.5 Å². The fraction of sp³-hybridized carbons (Fsp3) is 0.643. The van der Waals surface area contributed by atoms with Gasteiger partial charge in [0, 0.05) is 23.8 Å². The van der Waals surface area contributed by atoms with Gasteiger partial charge in [0.1, 0.15) is 0 Å². The molecule has 0 aliphatic carbocycles. The van der Waals surface area contributed by atoms with Gasteiger partial charge in [0.05, 0.1) is 0 Å². The van der Waals surface area contributed by atoms with Crippen molar-refractivity contribution in [1.82, 2.24) is 9.88 Å². The number of pyridine rings is 1. The van der Waals surface area contributed by atoms with Gasteiger partial charge in [0.2, 0.25) is 0 Å². The highest BCUT2D eigenvalue weighted by atomic mass is 16.1. The predicted molar refractivity (Wildman–Crippen MR) is 72.6 cm³/mol. The molecule has 0 bridgehead atoms. The largest absolute Gasteiger partial charge is 0.315 e. The maximum atomic E-state index is 12.4. The van der Waals surface area contributed by atoms with Crippen LogP contribution in [0.1, 0.15) is 57.3 Å². The van der Waals surface area contributed by atoms with Crippen LogP contribution >= 0.6 is 0 Å². The first-order valence-corrected chi connectivity index (χ1v) is 6.41. The summed E-state index contributed by atoms with van der Waals surface area (Å²) in [5, 5.41) is 3.04. The molecule has 1 unspecified atom stereocenters. The number of nitrogens with zero attached hydrogens (tertiary/aromatic N) is 1. The molecule has 0 amide bonds. The zero-order valence-corrected chi connectivity index (χ0v) is 11.6. The average molecular weight is 236 g/mol. The summed E-state index contributed by atoms with van der Waals surface area (Å²) in [5.41, 5.74) is 2.13. The molecule has 3 heteroatoms. The van der Waals surface area contributed by atoms with Gasteiger partial charge in [-0.15, -0.1) is 0 Å². The van der Waals surface area contributed by atoms with Crippen LogP contribution in [0.3, 0.4) is 0 Å². The lowest BCUT2D eigenvalue weighted by Gasteiger charge is -2.21. The third-order valence-corrected chi connectivity index (χ3v) is 3.22. The topological polar surface area (TPSA) is 34.0 Å². The highest BCUT2D eigenvalue weighted by Crippen LogP contribution is 2.18. The quantitative estimate of drug-likeness (QED) is 0.853. The molecule has 1 aromatic heterocycles. The number of nitrogens with one attached hydrogen (secondary N) is 1. The second kappa shape index (κ2) is 6.01. The first-order chi connectivity index (χ1) is 8.02. The maximum Gasteiger partial charge on any atom is 0.255 e. The zero-order valence-electron chi connectivity index (χ0n) is 11.6. The second-order valence-electron chi connectivity index (χ2n) is 4.90. The Balaban J connectivity index is 3.37. The first kappa shape index (κ1) is 14.0. The monoisotopic (exact) mass is 236 g/mol. The van der Waals surface area contributed by atoms with Crippen LogP contribution in [0.4, 0.5) is 0 Å². The van der Waals surface area contributed by atoms with Gasteiger partial charge < -0.3 is 9.88 Å².